The Morgan fingerprint density at radius 2 is 1.55 bits per heavy atom. The van der Waals surface area contributed by atoms with E-state index in [0.29, 0.717) is 23.9 Å². The van der Waals surface area contributed by atoms with Crippen molar-refractivity contribution in [3.8, 4) is 5.75 Å². The van der Waals surface area contributed by atoms with E-state index in [1.54, 1.807) is 12.1 Å². The van der Waals surface area contributed by atoms with Crippen molar-refractivity contribution in [3.05, 3.63) is 65.7 Å². The Kier molecular flexibility index (Phi) is 9.31. The van der Waals surface area contributed by atoms with E-state index in [1.807, 2.05) is 30.3 Å². The topological polar surface area (TPSA) is 71.1 Å². The molecule has 0 radical (unpaired) electrons. The summed E-state index contributed by atoms with van der Waals surface area (Å²) in [6.45, 7) is 4.77. The van der Waals surface area contributed by atoms with Crippen molar-refractivity contribution in [1.82, 2.24) is 15.1 Å². The molecular formula is C31H41N3O4. The molecule has 5 rings (SSSR count). The van der Waals surface area contributed by atoms with Crippen LogP contribution in [0.3, 0.4) is 0 Å². The molecule has 2 aliphatic heterocycles. The molecule has 3 fully saturated rings. The van der Waals surface area contributed by atoms with Gasteiger partial charge < -0.3 is 24.6 Å². The van der Waals surface area contributed by atoms with Crippen LogP contribution in [0.1, 0.15) is 67.3 Å². The van der Waals surface area contributed by atoms with Gasteiger partial charge in [-0.25, -0.2) is 4.79 Å². The lowest BCUT2D eigenvalue weighted by atomic mass is 9.96. The average molecular weight is 520 g/mol. The maximum absolute atomic E-state index is 13.8. The molecule has 1 aliphatic carbocycles. The number of nitrogens with zero attached hydrogens (tertiary/aromatic N) is 2. The second-order valence-corrected chi connectivity index (χ2v) is 10.9. The highest BCUT2D eigenvalue weighted by molar-refractivity contribution is 5.94. The maximum atomic E-state index is 13.8. The van der Waals surface area contributed by atoms with E-state index < -0.39 is 0 Å². The van der Waals surface area contributed by atoms with Crippen molar-refractivity contribution in [2.45, 2.75) is 76.1 Å². The first-order chi connectivity index (χ1) is 18.7. The van der Waals surface area contributed by atoms with Crippen LogP contribution < -0.4 is 10.1 Å². The number of hydrogen-bond donors (Lipinski definition) is 1. The quantitative estimate of drug-likeness (QED) is 0.495. The molecule has 7 nitrogen and oxygen atoms in total. The molecule has 3 aliphatic rings. The predicted octanol–water partition coefficient (Wildman–Crippen LogP) is 4.41. The fourth-order valence-corrected chi connectivity index (χ4v) is 6.11. The van der Waals surface area contributed by atoms with Gasteiger partial charge in [-0.2, -0.15) is 0 Å². The molecule has 1 N–H and O–H groups in total. The lowest BCUT2D eigenvalue weighted by molar-refractivity contribution is -0.151. The lowest BCUT2D eigenvalue weighted by Crippen LogP contribution is -2.51. The van der Waals surface area contributed by atoms with Gasteiger partial charge in [0.05, 0.1) is 0 Å². The second kappa shape index (κ2) is 13.3. The number of hydrogen-bond acceptors (Lipinski definition) is 6. The zero-order valence-electron chi connectivity index (χ0n) is 22.4. The van der Waals surface area contributed by atoms with Crippen LogP contribution in [0.4, 0.5) is 0 Å². The Labute approximate surface area is 226 Å². The van der Waals surface area contributed by atoms with E-state index in [1.165, 1.54) is 12.8 Å². The van der Waals surface area contributed by atoms with Crippen molar-refractivity contribution in [3.63, 3.8) is 0 Å². The number of benzene rings is 2. The molecule has 2 aromatic carbocycles. The van der Waals surface area contributed by atoms with Gasteiger partial charge in [-0.15, -0.1) is 0 Å². The van der Waals surface area contributed by atoms with Gasteiger partial charge in [0.25, 0.3) is 5.91 Å². The predicted molar refractivity (Wildman–Crippen MR) is 147 cm³/mol. The minimum atomic E-state index is -0.332. The standard InChI is InChI=1S/C31H41N3O4/c35-30(38-29-8-4-5-9-29)23-37-28-12-10-25(11-13-28)31(36)34(22-24-6-2-1-3-7-24)27-16-20-33(21-17-27)26-14-18-32-19-15-26/h1-3,6-7,10-13,26-27,29,32H,4-5,8-9,14-23H2. The van der Waals surface area contributed by atoms with E-state index in [4.69, 9.17) is 9.47 Å². The third-order valence-corrected chi connectivity index (χ3v) is 8.28. The molecule has 0 atom stereocenters. The van der Waals surface area contributed by atoms with Crippen LogP contribution in [0.5, 0.6) is 5.75 Å². The molecule has 0 spiro atoms. The van der Waals surface area contributed by atoms with Gasteiger partial charge >= 0.3 is 5.97 Å². The first-order valence-corrected chi connectivity index (χ1v) is 14.4. The number of likely N-dealkylation sites (tertiary alicyclic amines) is 1. The number of amides is 1. The monoisotopic (exact) mass is 519 g/mol. The lowest BCUT2D eigenvalue weighted by Gasteiger charge is -2.42. The fraction of sp³-hybridized carbons (Fsp3) is 0.548. The molecule has 38 heavy (non-hydrogen) atoms. The molecule has 0 aromatic heterocycles. The third-order valence-electron chi connectivity index (χ3n) is 8.28. The van der Waals surface area contributed by atoms with Crippen molar-refractivity contribution in [1.29, 1.82) is 0 Å². The van der Waals surface area contributed by atoms with Crippen molar-refractivity contribution in [2.24, 2.45) is 0 Å². The van der Waals surface area contributed by atoms with Crippen LogP contribution in [0, 0.1) is 0 Å². The van der Waals surface area contributed by atoms with Crippen LogP contribution in [-0.2, 0) is 16.1 Å². The number of ether oxygens (including phenoxy) is 2. The summed E-state index contributed by atoms with van der Waals surface area (Å²) in [4.78, 5) is 30.6. The molecular weight excluding hydrogens is 478 g/mol. The van der Waals surface area contributed by atoms with Crippen LogP contribution in [0.15, 0.2) is 54.6 Å². The van der Waals surface area contributed by atoms with Crippen LogP contribution in [0.25, 0.3) is 0 Å². The van der Waals surface area contributed by atoms with Crippen LogP contribution in [-0.4, -0.2) is 72.6 Å². The Hall–Kier alpha value is -2.90. The van der Waals surface area contributed by atoms with Gasteiger partial charge in [-0.1, -0.05) is 30.3 Å². The van der Waals surface area contributed by atoms with Gasteiger partial charge in [0.1, 0.15) is 11.9 Å². The first-order valence-electron chi connectivity index (χ1n) is 14.4. The molecule has 0 unspecified atom stereocenters. The highest BCUT2D eigenvalue weighted by Gasteiger charge is 2.31. The second-order valence-electron chi connectivity index (χ2n) is 10.9. The number of carbonyl (C=O) groups is 2. The number of nitrogens with one attached hydrogen (secondary N) is 1. The van der Waals surface area contributed by atoms with E-state index in [2.05, 4.69) is 27.2 Å². The van der Waals surface area contributed by atoms with Gasteiger partial charge in [0, 0.05) is 37.3 Å². The Morgan fingerprint density at radius 1 is 0.868 bits per heavy atom. The zero-order valence-corrected chi connectivity index (χ0v) is 22.4. The van der Waals surface area contributed by atoms with Crippen molar-refractivity contribution >= 4 is 11.9 Å². The summed E-state index contributed by atoms with van der Waals surface area (Å²) >= 11 is 0. The first kappa shape index (κ1) is 26.7. The SMILES string of the molecule is O=C(COc1ccc(C(=O)N(Cc2ccccc2)C2CCN(C3CCNCC3)CC2)cc1)OC1CCCC1. The summed E-state index contributed by atoms with van der Waals surface area (Å²) in [5.74, 6) is 0.276. The molecule has 7 heteroatoms. The highest BCUT2D eigenvalue weighted by Crippen LogP contribution is 2.26. The summed E-state index contributed by atoms with van der Waals surface area (Å²) in [5.41, 5.74) is 1.78. The number of esters is 1. The van der Waals surface area contributed by atoms with E-state index >= 15 is 0 Å². The van der Waals surface area contributed by atoms with Crippen LogP contribution in [0.2, 0.25) is 0 Å². The molecule has 1 saturated carbocycles. The number of piperidine rings is 2. The highest BCUT2D eigenvalue weighted by atomic mass is 16.6. The van der Waals surface area contributed by atoms with Gasteiger partial charge in [0.2, 0.25) is 0 Å². The summed E-state index contributed by atoms with van der Waals surface area (Å²) < 4.78 is 11.1. The fourth-order valence-electron chi connectivity index (χ4n) is 6.11. The molecule has 0 bridgehead atoms. The van der Waals surface area contributed by atoms with E-state index in [0.717, 1.165) is 70.3 Å². The minimum Gasteiger partial charge on any atom is -0.482 e. The molecule has 2 aromatic rings. The molecule has 2 saturated heterocycles. The minimum absolute atomic E-state index is 0.0354. The Balaban J connectivity index is 1.20. The summed E-state index contributed by atoms with van der Waals surface area (Å²) in [5, 5.41) is 3.46. The van der Waals surface area contributed by atoms with Crippen molar-refractivity contribution < 1.29 is 19.1 Å². The maximum Gasteiger partial charge on any atom is 0.344 e. The average Bonchev–Trinajstić information content (AvgIpc) is 3.49. The van der Waals surface area contributed by atoms with Crippen molar-refractivity contribution in [2.75, 3.05) is 32.8 Å². The van der Waals surface area contributed by atoms with Gasteiger partial charge in [-0.3, -0.25) is 4.79 Å². The third kappa shape index (κ3) is 7.14. The molecule has 204 valence electrons. The van der Waals surface area contributed by atoms with E-state index in [9.17, 15) is 9.59 Å². The number of rotatable bonds is 9. The summed E-state index contributed by atoms with van der Waals surface area (Å²) in [6, 6.07) is 18.3. The molecule has 2 heterocycles. The smallest absolute Gasteiger partial charge is 0.344 e. The van der Waals surface area contributed by atoms with Gasteiger partial charge in [-0.05, 0) is 94.3 Å². The van der Waals surface area contributed by atoms with Crippen LogP contribution >= 0.6 is 0 Å². The summed E-state index contributed by atoms with van der Waals surface area (Å²) in [7, 11) is 0. The Morgan fingerprint density at radius 3 is 2.24 bits per heavy atom. The summed E-state index contributed by atoms with van der Waals surface area (Å²) in [6.07, 6.45) is 8.57. The largest absolute Gasteiger partial charge is 0.482 e. The zero-order chi connectivity index (χ0) is 26.2. The van der Waals surface area contributed by atoms with Gasteiger partial charge in [0.15, 0.2) is 6.61 Å². The number of carbonyl (C=O) groups excluding carboxylic acids is 2. The van der Waals surface area contributed by atoms with E-state index in [-0.39, 0.29) is 30.6 Å². The molecule has 1 amide bonds. The normalized spacial score (nSPS) is 19.8. The Bertz CT molecular complexity index is 1020.